The van der Waals surface area contributed by atoms with Gasteiger partial charge in [0.25, 0.3) is 0 Å². The average Bonchev–Trinajstić information content (AvgIpc) is 2.23. The summed E-state index contributed by atoms with van der Waals surface area (Å²) in [5, 5.41) is -0.0987. The normalized spacial score (nSPS) is 16.1. The van der Waals surface area contributed by atoms with Crippen LogP contribution in [0.15, 0.2) is 18.2 Å². The zero-order chi connectivity index (χ0) is 13.3. The molecule has 3 nitrogen and oxygen atoms in total. The molecule has 1 saturated heterocycles. The van der Waals surface area contributed by atoms with E-state index in [2.05, 4.69) is 0 Å². The van der Waals surface area contributed by atoms with Gasteiger partial charge in [-0.25, -0.2) is 0 Å². The summed E-state index contributed by atoms with van der Waals surface area (Å²) in [6, 6.07) is 2.90. The highest BCUT2D eigenvalue weighted by molar-refractivity contribution is 6.32. The second-order valence-electron chi connectivity index (χ2n) is 3.88. The van der Waals surface area contributed by atoms with Crippen molar-refractivity contribution in [3.63, 3.8) is 0 Å². The summed E-state index contributed by atoms with van der Waals surface area (Å²) in [5.41, 5.74) is -0.823. The molecule has 0 aromatic heterocycles. The highest BCUT2D eigenvalue weighted by atomic mass is 35.5. The third-order valence-electron chi connectivity index (χ3n) is 2.53. The summed E-state index contributed by atoms with van der Waals surface area (Å²) in [4.78, 5) is 11.6. The van der Waals surface area contributed by atoms with E-state index in [1.54, 1.807) is 6.41 Å². The number of hydrogen-bond donors (Lipinski definition) is 0. The quantitative estimate of drug-likeness (QED) is 0.795. The van der Waals surface area contributed by atoms with E-state index < -0.39 is 11.7 Å². The number of rotatable bonds is 3. The minimum atomic E-state index is -4.43. The molecular formula is C11H8ClF3NO2+. The Morgan fingerprint density at radius 3 is 2.56 bits per heavy atom. The minimum absolute atomic E-state index is 0.0987. The van der Waals surface area contributed by atoms with Gasteiger partial charge in [0.2, 0.25) is 0 Å². The molecule has 7 heteroatoms. The van der Waals surface area contributed by atoms with E-state index in [0.29, 0.717) is 13.1 Å². The molecule has 0 atom stereocenters. The molecule has 0 unspecified atom stereocenters. The lowest BCUT2D eigenvalue weighted by atomic mass is 10.2. The Labute approximate surface area is 106 Å². The van der Waals surface area contributed by atoms with Crippen LogP contribution in [-0.4, -0.2) is 30.5 Å². The highest BCUT2D eigenvalue weighted by Gasteiger charge is 2.37. The topological polar surface area (TPSA) is 29.5 Å². The number of halogens is 4. The Hall–Kier alpha value is -1.52. The third-order valence-corrected chi connectivity index (χ3v) is 2.83. The molecule has 0 bridgehead atoms. The molecular weight excluding hydrogens is 271 g/mol. The van der Waals surface area contributed by atoms with Crippen molar-refractivity contribution < 1.29 is 22.7 Å². The van der Waals surface area contributed by atoms with Gasteiger partial charge in [0.15, 0.2) is 0 Å². The van der Waals surface area contributed by atoms with Crippen LogP contribution < -0.4 is 4.74 Å². The van der Waals surface area contributed by atoms with Gasteiger partial charge in [-0.3, -0.25) is 0 Å². The summed E-state index contributed by atoms with van der Waals surface area (Å²) >= 11 is 5.71. The molecule has 1 fully saturated rings. The van der Waals surface area contributed by atoms with E-state index >= 15 is 0 Å². The highest BCUT2D eigenvalue weighted by Crippen LogP contribution is 2.35. The van der Waals surface area contributed by atoms with E-state index in [-0.39, 0.29) is 16.9 Å². The summed E-state index contributed by atoms with van der Waals surface area (Å²) in [6.07, 6.45) is -3.00. The van der Waals surface area contributed by atoms with Crippen LogP contribution in [0.4, 0.5) is 13.2 Å². The lowest BCUT2D eigenvalue weighted by Crippen LogP contribution is -2.52. The van der Waals surface area contributed by atoms with E-state index in [9.17, 15) is 18.0 Å². The van der Waals surface area contributed by atoms with Gasteiger partial charge in [-0.2, -0.15) is 13.2 Å². The Morgan fingerprint density at radius 1 is 1.39 bits per heavy atom. The number of benzene rings is 1. The number of amides is 1. The van der Waals surface area contributed by atoms with Crippen molar-refractivity contribution >= 4 is 18.0 Å². The molecule has 1 aromatic rings. The van der Waals surface area contributed by atoms with Gasteiger partial charge in [-0.15, -0.1) is 4.90 Å². The maximum absolute atomic E-state index is 12.4. The van der Waals surface area contributed by atoms with E-state index in [1.165, 1.54) is 11.0 Å². The second-order valence-corrected chi connectivity index (χ2v) is 4.29. The lowest BCUT2D eigenvalue weighted by molar-refractivity contribution is -0.137. The Balaban J connectivity index is 2.05. The Kier molecular flexibility index (Phi) is 3.32. The van der Waals surface area contributed by atoms with Crippen LogP contribution in [0.5, 0.6) is 5.75 Å². The van der Waals surface area contributed by atoms with Gasteiger partial charge in [-0.1, -0.05) is 11.6 Å². The van der Waals surface area contributed by atoms with Crippen LogP contribution in [0.3, 0.4) is 0 Å². The molecule has 0 radical (unpaired) electrons. The standard InChI is InChI=1S/C11H8ClF3NO2/c12-9-3-7(11(13,14)15)1-2-10(9)18-8-4-16(5-8)6-17/h1-3,8H,4-5H2/q+1. The molecule has 1 heterocycles. The first-order chi connectivity index (χ1) is 8.40. The van der Waals surface area contributed by atoms with Gasteiger partial charge in [0, 0.05) is 0 Å². The molecule has 0 aliphatic carbocycles. The third kappa shape index (κ3) is 2.66. The van der Waals surface area contributed by atoms with Crippen molar-refractivity contribution in [3.8, 4) is 5.75 Å². The van der Waals surface area contributed by atoms with Crippen molar-refractivity contribution in [2.45, 2.75) is 12.3 Å². The molecule has 1 aromatic carbocycles. The lowest BCUT2D eigenvalue weighted by Gasteiger charge is -2.28. The van der Waals surface area contributed by atoms with E-state index in [4.69, 9.17) is 16.3 Å². The van der Waals surface area contributed by atoms with Gasteiger partial charge in [0.05, 0.1) is 15.4 Å². The molecule has 1 aliphatic heterocycles. The van der Waals surface area contributed by atoms with Crippen LogP contribution in [0.25, 0.3) is 0 Å². The van der Waals surface area contributed by atoms with E-state index in [0.717, 1.165) is 12.1 Å². The minimum Gasteiger partial charge on any atom is -0.485 e. The fraction of sp³-hybridized carbons (Fsp3) is 0.364. The number of alkyl halides is 3. The maximum Gasteiger partial charge on any atom is 0.667 e. The monoisotopic (exact) mass is 278 g/mol. The number of likely N-dealkylation sites (tertiary alicyclic amines) is 1. The van der Waals surface area contributed by atoms with Crippen LogP contribution in [0, 0.1) is 0 Å². The van der Waals surface area contributed by atoms with Gasteiger partial charge >= 0.3 is 12.6 Å². The summed E-state index contributed by atoms with van der Waals surface area (Å²) in [6.45, 7) is 0.724. The van der Waals surface area contributed by atoms with Crippen LogP contribution in [-0.2, 0) is 11.0 Å². The first-order valence-corrected chi connectivity index (χ1v) is 5.44. The summed E-state index contributed by atoms with van der Waals surface area (Å²) < 4.78 is 42.5. The predicted molar refractivity (Wildman–Crippen MR) is 58.1 cm³/mol. The molecule has 1 amide bonds. The zero-order valence-electron chi connectivity index (χ0n) is 9.00. The zero-order valence-corrected chi connectivity index (χ0v) is 9.76. The average molecular weight is 279 g/mol. The largest absolute Gasteiger partial charge is 0.667 e. The van der Waals surface area contributed by atoms with Gasteiger partial charge < -0.3 is 4.74 Å². The summed E-state index contributed by atoms with van der Waals surface area (Å²) in [5.74, 6) is 0.181. The van der Waals surface area contributed by atoms with Crippen molar-refractivity contribution in [1.29, 1.82) is 0 Å². The molecule has 18 heavy (non-hydrogen) atoms. The van der Waals surface area contributed by atoms with Crippen molar-refractivity contribution in [3.05, 3.63) is 28.8 Å². The molecule has 0 spiro atoms. The van der Waals surface area contributed by atoms with Crippen molar-refractivity contribution in [2.24, 2.45) is 0 Å². The fourth-order valence-corrected chi connectivity index (χ4v) is 1.76. The molecule has 0 N–H and O–H groups in total. The van der Waals surface area contributed by atoms with E-state index in [1.807, 2.05) is 0 Å². The Morgan fingerprint density at radius 2 is 2.06 bits per heavy atom. The van der Waals surface area contributed by atoms with Gasteiger partial charge in [0.1, 0.15) is 24.9 Å². The van der Waals surface area contributed by atoms with Crippen molar-refractivity contribution in [1.82, 2.24) is 4.90 Å². The van der Waals surface area contributed by atoms with Crippen molar-refractivity contribution in [2.75, 3.05) is 13.1 Å². The van der Waals surface area contributed by atoms with Crippen LogP contribution in [0.2, 0.25) is 5.02 Å². The van der Waals surface area contributed by atoms with Crippen LogP contribution >= 0.6 is 11.6 Å². The first-order valence-electron chi connectivity index (χ1n) is 5.06. The molecule has 1 aliphatic rings. The fourth-order valence-electron chi connectivity index (χ4n) is 1.54. The summed E-state index contributed by atoms with van der Waals surface area (Å²) in [7, 11) is 0. The number of carbonyl (C=O) groups excluding carboxylic acids is 1. The maximum atomic E-state index is 12.4. The number of nitrogens with zero attached hydrogens (tertiary/aromatic N) is 1. The molecule has 2 rings (SSSR count). The second kappa shape index (κ2) is 4.63. The Bertz CT molecular complexity index is 458. The SMILES string of the molecule is O=[C+]N1CC(Oc2ccc(C(F)(F)F)cc2Cl)C1. The predicted octanol–water partition coefficient (Wildman–Crippen LogP) is 2.49. The first kappa shape index (κ1) is 12.9. The molecule has 0 saturated carbocycles. The molecule has 96 valence electrons. The van der Waals surface area contributed by atoms with Crippen LogP contribution in [0.1, 0.15) is 5.56 Å². The van der Waals surface area contributed by atoms with Gasteiger partial charge in [-0.05, 0) is 18.2 Å². The number of ether oxygens (including phenoxy) is 1. The number of hydrogen-bond acceptors (Lipinski definition) is 2. The smallest absolute Gasteiger partial charge is 0.485 e.